The van der Waals surface area contributed by atoms with Crippen molar-refractivity contribution in [3.8, 4) is 11.3 Å². The normalized spacial score (nSPS) is 10.9. The van der Waals surface area contributed by atoms with Crippen molar-refractivity contribution in [3.63, 3.8) is 0 Å². The van der Waals surface area contributed by atoms with E-state index in [1.54, 1.807) is 32.2 Å². The SMILES string of the molecule is CC(C)(CCC(=O)O)NC(=O)Nc1ccc(-c2ccccn2)cc1. The predicted molar refractivity (Wildman–Crippen MR) is 92.8 cm³/mol. The molecule has 0 bridgehead atoms. The molecule has 1 heterocycles. The third-order valence-corrected chi connectivity index (χ3v) is 3.52. The first-order chi connectivity index (χ1) is 11.4. The zero-order valence-electron chi connectivity index (χ0n) is 13.7. The van der Waals surface area contributed by atoms with Crippen LogP contribution in [-0.4, -0.2) is 27.6 Å². The number of nitrogens with one attached hydrogen (secondary N) is 2. The summed E-state index contributed by atoms with van der Waals surface area (Å²) in [5.41, 5.74) is 1.88. The molecule has 0 radical (unpaired) electrons. The monoisotopic (exact) mass is 327 g/mol. The van der Waals surface area contributed by atoms with Gasteiger partial charge < -0.3 is 15.7 Å². The number of rotatable bonds is 6. The minimum atomic E-state index is -0.879. The van der Waals surface area contributed by atoms with Crippen LogP contribution in [0.3, 0.4) is 0 Å². The molecular weight excluding hydrogens is 306 g/mol. The molecule has 2 aromatic rings. The summed E-state index contributed by atoms with van der Waals surface area (Å²) in [5.74, 6) is -0.879. The van der Waals surface area contributed by atoms with Gasteiger partial charge >= 0.3 is 12.0 Å². The van der Waals surface area contributed by atoms with Crippen molar-refractivity contribution in [2.24, 2.45) is 0 Å². The maximum atomic E-state index is 12.0. The van der Waals surface area contributed by atoms with E-state index in [4.69, 9.17) is 5.11 Å². The zero-order valence-corrected chi connectivity index (χ0v) is 13.7. The van der Waals surface area contributed by atoms with Crippen molar-refractivity contribution in [2.75, 3.05) is 5.32 Å². The number of anilines is 1. The van der Waals surface area contributed by atoms with Gasteiger partial charge in [0.05, 0.1) is 5.69 Å². The Kier molecular flexibility index (Phi) is 5.52. The lowest BCUT2D eigenvalue weighted by molar-refractivity contribution is -0.137. The molecule has 0 saturated carbocycles. The van der Waals surface area contributed by atoms with Crippen LogP contribution in [-0.2, 0) is 4.79 Å². The van der Waals surface area contributed by atoms with Crippen LogP contribution in [0.15, 0.2) is 48.7 Å². The molecule has 1 aromatic heterocycles. The Morgan fingerprint density at radius 3 is 2.42 bits per heavy atom. The number of aliphatic carboxylic acids is 1. The molecule has 3 N–H and O–H groups in total. The Balaban J connectivity index is 1.93. The Morgan fingerprint density at radius 1 is 1.12 bits per heavy atom. The largest absolute Gasteiger partial charge is 0.481 e. The van der Waals surface area contributed by atoms with Crippen molar-refractivity contribution in [3.05, 3.63) is 48.7 Å². The summed E-state index contributed by atoms with van der Waals surface area (Å²) < 4.78 is 0. The van der Waals surface area contributed by atoms with Crippen LogP contribution in [0.4, 0.5) is 10.5 Å². The van der Waals surface area contributed by atoms with Gasteiger partial charge in [0.1, 0.15) is 0 Å². The minimum absolute atomic E-state index is 0.00600. The van der Waals surface area contributed by atoms with E-state index in [9.17, 15) is 9.59 Å². The first-order valence-electron chi connectivity index (χ1n) is 7.68. The highest BCUT2D eigenvalue weighted by molar-refractivity contribution is 5.90. The van der Waals surface area contributed by atoms with E-state index >= 15 is 0 Å². The average Bonchev–Trinajstić information content (AvgIpc) is 2.54. The highest BCUT2D eigenvalue weighted by Gasteiger charge is 2.21. The highest BCUT2D eigenvalue weighted by Crippen LogP contribution is 2.19. The molecule has 6 nitrogen and oxygen atoms in total. The summed E-state index contributed by atoms with van der Waals surface area (Å²) >= 11 is 0. The van der Waals surface area contributed by atoms with Crippen molar-refractivity contribution < 1.29 is 14.7 Å². The number of urea groups is 1. The number of hydrogen-bond acceptors (Lipinski definition) is 3. The van der Waals surface area contributed by atoms with E-state index in [1.165, 1.54) is 0 Å². The van der Waals surface area contributed by atoms with Gasteiger partial charge in [0.25, 0.3) is 0 Å². The van der Waals surface area contributed by atoms with Gasteiger partial charge in [-0.15, -0.1) is 0 Å². The molecule has 0 aliphatic carbocycles. The van der Waals surface area contributed by atoms with Gasteiger partial charge in [-0.25, -0.2) is 4.79 Å². The summed E-state index contributed by atoms with van der Waals surface area (Å²) in [4.78, 5) is 27.0. The maximum absolute atomic E-state index is 12.0. The Morgan fingerprint density at radius 2 is 1.83 bits per heavy atom. The summed E-state index contributed by atoms with van der Waals surface area (Å²) in [6, 6.07) is 12.7. The average molecular weight is 327 g/mol. The second kappa shape index (κ2) is 7.59. The lowest BCUT2D eigenvalue weighted by Crippen LogP contribution is -2.45. The van der Waals surface area contributed by atoms with Crippen molar-refractivity contribution in [2.45, 2.75) is 32.2 Å². The lowest BCUT2D eigenvalue weighted by atomic mass is 9.99. The second-order valence-electron chi connectivity index (χ2n) is 6.15. The smallest absolute Gasteiger partial charge is 0.319 e. The fourth-order valence-electron chi connectivity index (χ4n) is 2.21. The standard InChI is InChI=1S/C18H21N3O3/c1-18(2,11-10-16(22)23)21-17(24)20-14-8-6-13(7-9-14)15-5-3-4-12-19-15/h3-9,12H,10-11H2,1-2H3,(H,22,23)(H2,20,21,24). The molecule has 0 saturated heterocycles. The van der Waals surface area contributed by atoms with Crippen LogP contribution in [0, 0.1) is 0 Å². The number of nitrogens with zero attached hydrogens (tertiary/aromatic N) is 1. The topological polar surface area (TPSA) is 91.3 Å². The molecule has 0 fully saturated rings. The first-order valence-corrected chi connectivity index (χ1v) is 7.68. The van der Waals surface area contributed by atoms with Crippen molar-refractivity contribution in [1.29, 1.82) is 0 Å². The summed E-state index contributed by atoms with van der Waals surface area (Å²) in [7, 11) is 0. The van der Waals surface area contributed by atoms with Crippen molar-refractivity contribution >= 4 is 17.7 Å². The van der Waals surface area contributed by atoms with E-state index in [1.807, 2.05) is 30.3 Å². The van der Waals surface area contributed by atoms with Crippen LogP contribution in [0.5, 0.6) is 0 Å². The quantitative estimate of drug-likeness (QED) is 0.757. The van der Waals surface area contributed by atoms with Gasteiger partial charge in [-0.3, -0.25) is 9.78 Å². The van der Waals surface area contributed by atoms with Crippen LogP contribution in [0.25, 0.3) is 11.3 Å². The number of carbonyl (C=O) groups is 2. The summed E-state index contributed by atoms with van der Waals surface area (Å²) in [5, 5.41) is 14.3. The molecule has 24 heavy (non-hydrogen) atoms. The van der Waals surface area contributed by atoms with Gasteiger partial charge in [-0.05, 0) is 44.5 Å². The molecule has 0 atom stereocenters. The molecule has 0 aliphatic heterocycles. The molecule has 0 unspecified atom stereocenters. The highest BCUT2D eigenvalue weighted by atomic mass is 16.4. The van der Waals surface area contributed by atoms with Crippen LogP contribution >= 0.6 is 0 Å². The van der Waals surface area contributed by atoms with E-state index < -0.39 is 11.5 Å². The van der Waals surface area contributed by atoms with Crippen LogP contribution in [0.2, 0.25) is 0 Å². The molecule has 126 valence electrons. The molecular formula is C18H21N3O3. The van der Waals surface area contributed by atoms with E-state index in [2.05, 4.69) is 15.6 Å². The number of hydrogen-bond donors (Lipinski definition) is 3. The number of carbonyl (C=O) groups excluding carboxylic acids is 1. The third-order valence-electron chi connectivity index (χ3n) is 3.52. The number of benzene rings is 1. The predicted octanol–water partition coefficient (Wildman–Crippen LogP) is 3.51. The Bertz CT molecular complexity index is 697. The van der Waals surface area contributed by atoms with Gasteiger partial charge in [0.2, 0.25) is 0 Å². The zero-order chi connectivity index (χ0) is 17.6. The molecule has 2 rings (SSSR count). The number of carboxylic acid groups (broad SMARTS) is 1. The summed E-state index contributed by atoms with van der Waals surface area (Å²) in [6.45, 7) is 3.58. The lowest BCUT2D eigenvalue weighted by Gasteiger charge is -2.25. The fraction of sp³-hybridized carbons (Fsp3) is 0.278. The Labute approximate surface area is 140 Å². The fourth-order valence-corrected chi connectivity index (χ4v) is 2.21. The van der Waals surface area contributed by atoms with Crippen molar-refractivity contribution in [1.82, 2.24) is 10.3 Å². The van der Waals surface area contributed by atoms with Gasteiger partial charge in [0.15, 0.2) is 0 Å². The first kappa shape index (κ1) is 17.5. The molecule has 6 heteroatoms. The summed E-state index contributed by atoms with van der Waals surface area (Å²) in [6.07, 6.45) is 2.09. The number of amides is 2. The molecule has 0 aliphatic rings. The molecule has 2 amide bonds. The van der Waals surface area contributed by atoms with Gasteiger partial charge in [0, 0.05) is 29.4 Å². The Hall–Kier alpha value is -2.89. The van der Waals surface area contributed by atoms with Crippen LogP contribution < -0.4 is 10.6 Å². The molecule has 0 spiro atoms. The number of aromatic nitrogens is 1. The second-order valence-corrected chi connectivity index (χ2v) is 6.15. The third kappa shape index (κ3) is 5.39. The molecule has 1 aromatic carbocycles. The van der Waals surface area contributed by atoms with Gasteiger partial charge in [-0.2, -0.15) is 0 Å². The van der Waals surface area contributed by atoms with Crippen LogP contribution in [0.1, 0.15) is 26.7 Å². The van der Waals surface area contributed by atoms with Gasteiger partial charge in [-0.1, -0.05) is 18.2 Å². The van der Waals surface area contributed by atoms with E-state index in [0.717, 1.165) is 11.3 Å². The van der Waals surface area contributed by atoms with E-state index in [-0.39, 0.29) is 12.5 Å². The maximum Gasteiger partial charge on any atom is 0.319 e. The number of carboxylic acids is 1. The minimum Gasteiger partial charge on any atom is -0.481 e. The number of pyridine rings is 1. The van der Waals surface area contributed by atoms with E-state index in [0.29, 0.717) is 12.1 Å².